The summed E-state index contributed by atoms with van der Waals surface area (Å²) in [4.78, 5) is 13.2. The zero-order valence-corrected chi connectivity index (χ0v) is 13.4. The Morgan fingerprint density at radius 2 is 2.00 bits per heavy atom. The van der Waals surface area contributed by atoms with Crippen LogP contribution in [0.1, 0.15) is 12.8 Å². The number of hydrogen-bond acceptors (Lipinski definition) is 6. The highest BCUT2D eigenvalue weighted by molar-refractivity contribution is 5.92. The molecule has 0 unspecified atom stereocenters. The smallest absolute Gasteiger partial charge is 0.223 e. The summed E-state index contributed by atoms with van der Waals surface area (Å²) >= 11 is 0. The van der Waals surface area contributed by atoms with Gasteiger partial charge in [0.25, 0.3) is 0 Å². The number of phenols is 1. The van der Waals surface area contributed by atoms with Crippen molar-refractivity contribution in [2.24, 2.45) is 0 Å². The first-order chi connectivity index (χ1) is 12.2. The molecule has 0 spiro atoms. The van der Waals surface area contributed by atoms with E-state index in [1.807, 2.05) is 0 Å². The first kappa shape index (κ1) is 15.7. The second-order valence-electron chi connectivity index (χ2n) is 6.02. The zero-order valence-electron chi connectivity index (χ0n) is 13.4. The van der Waals surface area contributed by atoms with Crippen LogP contribution in [0.25, 0.3) is 22.0 Å². The molecule has 3 aromatic rings. The second kappa shape index (κ2) is 6.60. The van der Waals surface area contributed by atoms with Crippen LogP contribution in [0, 0.1) is 5.82 Å². The van der Waals surface area contributed by atoms with E-state index in [1.54, 1.807) is 24.7 Å². The van der Waals surface area contributed by atoms with Crippen molar-refractivity contribution < 1.29 is 14.2 Å². The lowest BCUT2D eigenvalue weighted by Crippen LogP contribution is -2.28. The number of fused-ring (bicyclic) bond motifs is 1. The highest BCUT2D eigenvalue weighted by atomic mass is 19.1. The van der Waals surface area contributed by atoms with Gasteiger partial charge in [-0.25, -0.2) is 14.4 Å². The number of anilines is 1. The van der Waals surface area contributed by atoms with Gasteiger partial charge in [0, 0.05) is 48.8 Å². The zero-order chi connectivity index (χ0) is 17.2. The summed E-state index contributed by atoms with van der Waals surface area (Å²) in [6.45, 7) is 1.46. The predicted octanol–water partition coefficient (Wildman–Crippen LogP) is 3.13. The molecular formula is C18H17FN4O2. The van der Waals surface area contributed by atoms with E-state index in [0.29, 0.717) is 22.6 Å². The van der Waals surface area contributed by atoms with Gasteiger partial charge >= 0.3 is 0 Å². The number of aromatic nitrogens is 3. The SMILES string of the molecule is Oc1cc(-c2cncc3cnc(NC4CCOCC4)nc23)ccc1F. The number of aromatic hydroxyl groups is 1. The quantitative estimate of drug-likeness (QED) is 0.762. The van der Waals surface area contributed by atoms with Crippen molar-refractivity contribution in [2.75, 3.05) is 18.5 Å². The first-order valence-electron chi connectivity index (χ1n) is 8.14. The van der Waals surface area contributed by atoms with E-state index in [2.05, 4.69) is 20.3 Å². The molecule has 2 aromatic heterocycles. The lowest BCUT2D eigenvalue weighted by Gasteiger charge is -2.23. The van der Waals surface area contributed by atoms with Gasteiger partial charge in [-0.15, -0.1) is 0 Å². The van der Waals surface area contributed by atoms with Crippen LogP contribution in [-0.4, -0.2) is 39.3 Å². The molecule has 7 heteroatoms. The van der Waals surface area contributed by atoms with Gasteiger partial charge in [-0.3, -0.25) is 4.98 Å². The van der Waals surface area contributed by atoms with Crippen LogP contribution in [0.2, 0.25) is 0 Å². The van der Waals surface area contributed by atoms with Crippen molar-refractivity contribution in [1.29, 1.82) is 0 Å². The Morgan fingerprint density at radius 1 is 1.16 bits per heavy atom. The summed E-state index contributed by atoms with van der Waals surface area (Å²) in [6.07, 6.45) is 6.87. The highest BCUT2D eigenvalue weighted by Crippen LogP contribution is 2.30. The summed E-state index contributed by atoms with van der Waals surface area (Å²) in [6, 6.07) is 4.48. The lowest BCUT2D eigenvalue weighted by molar-refractivity contribution is 0.0903. The Hall–Kier alpha value is -2.80. The average Bonchev–Trinajstić information content (AvgIpc) is 2.64. The first-order valence-corrected chi connectivity index (χ1v) is 8.14. The van der Waals surface area contributed by atoms with Crippen LogP contribution >= 0.6 is 0 Å². The van der Waals surface area contributed by atoms with Crippen molar-refractivity contribution >= 4 is 16.9 Å². The number of halogens is 1. The topological polar surface area (TPSA) is 80.2 Å². The third-order valence-corrected chi connectivity index (χ3v) is 4.30. The molecule has 1 saturated heterocycles. The number of ether oxygens (including phenoxy) is 1. The number of nitrogens with one attached hydrogen (secondary N) is 1. The molecule has 4 rings (SSSR count). The fourth-order valence-corrected chi connectivity index (χ4v) is 2.94. The van der Waals surface area contributed by atoms with Crippen LogP contribution in [-0.2, 0) is 4.74 Å². The number of hydrogen-bond donors (Lipinski definition) is 2. The molecule has 128 valence electrons. The molecule has 1 aromatic carbocycles. The molecule has 0 bridgehead atoms. The molecule has 1 fully saturated rings. The maximum atomic E-state index is 13.3. The van der Waals surface area contributed by atoms with Gasteiger partial charge in [-0.1, -0.05) is 6.07 Å². The highest BCUT2D eigenvalue weighted by Gasteiger charge is 2.16. The Balaban J connectivity index is 1.73. The van der Waals surface area contributed by atoms with Gasteiger partial charge in [0.05, 0.1) is 5.52 Å². The van der Waals surface area contributed by atoms with Crippen LogP contribution < -0.4 is 5.32 Å². The average molecular weight is 340 g/mol. The predicted molar refractivity (Wildman–Crippen MR) is 91.9 cm³/mol. The van der Waals surface area contributed by atoms with Crippen LogP contribution in [0.15, 0.2) is 36.8 Å². The maximum Gasteiger partial charge on any atom is 0.223 e. The molecule has 1 aliphatic heterocycles. The minimum absolute atomic E-state index is 0.284. The number of pyridine rings is 1. The summed E-state index contributed by atoms with van der Waals surface area (Å²) in [5, 5.41) is 13.8. The maximum absolute atomic E-state index is 13.3. The van der Waals surface area contributed by atoms with Gasteiger partial charge < -0.3 is 15.2 Å². The fraction of sp³-hybridized carbons (Fsp3) is 0.278. The normalized spacial score (nSPS) is 15.4. The lowest BCUT2D eigenvalue weighted by atomic mass is 10.0. The molecule has 3 heterocycles. The van der Waals surface area contributed by atoms with Crippen molar-refractivity contribution in [3.8, 4) is 16.9 Å². The second-order valence-corrected chi connectivity index (χ2v) is 6.02. The molecular weight excluding hydrogens is 323 g/mol. The van der Waals surface area contributed by atoms with Gasteiger partial charge in [-0.05, 0) is 30.5 Å². The molecule has 25 heavy (non-hydrogen) atoms. The number of nitrogens with zero attached hydrogens (tertiary/aromatic N) is 3. The summed E-state index contributed by atoms with van der Waals surface area (Å²) in [5.41, 5.74) is 2.06. The van der Waals surface area contributed by atoms with E-state index in [-0.39, 0.29) is 6.04 Å². The Labute approximate surface area is 143 Å². The Kier molecular flexibility index (Phi) is 4.15. The third-order valence-electron chi connectivity index (χ3n) is 4.30. The summed E-state index contributed by atoms with van der Waals surface area (Å²) < 4.78 is 18.7. The van der Waals surface area contributed by atoms with Crippen LogP contribution in [0.3, 0.4) is 0 Å². The molecule has 6 nitrogen and oxygen atoms in total. The minimum Gasteiger partial charge on any atom is -0.505 e. The van der Waals surface area contributed by atoms with Gasteiger partial charge in [0.2, 0.25) is 5.95 Å². The molecule has 0 amide bonds. The number of benzene rings is 1. The summed E-state index contributed by atoms with van der Waals surface area (Å²) in [5.74, 6) is -0.518. The monoisotopic (exact) mass is 340 g/mol. The number of rotatable bonds is 3. The van der Waals surface area contributed by atoms with Crippen molar-refractivity contribution in [3.05, 3.63) is 42.6 Å². The molecule has 2 N–H and O–H groups in total. The Bertz CT molecular complexity index is 913. The standard InChI is InChI=1S/C18H17FN4O2/c19-15-2-1-11(7-16(15)24)14-10-20-8-12-9-21-18(23-17(12)14)22-13-3-5-25-6-4-13/h1-2,7-10,13,24H,3-6H2,(H,21,22,23). The molecule has 0 atom stereocenters. The van der Waals surface area contributed by atoms with Crippen molar-refractivity contribution in [2.45, 2.75) is 18.9 Å². The van der Waals surface area contributed by atoms with Gasteiger partial charge in [0.1, 0.15) is 0 Å². The van der Waals surface area contributed by atoms with Crippen molar-refractivity contribution in [3.63, 3.8) is 0 Å². The fourth-order valence-electron chi connectivity index (χ4n) is 2.94. The van der Waals surface area contributed by atoms with Gasteiger partial charge in [0.15, 0.2) is 11.6 Å². The van der Waals surface area contributed by atoms with E-state index in [0.717, 1.165) is 31.4 Å². The largest absolute Gasteiger partial charge is 0.505 e. The molecule has 0 radical (unpaired) electrons. The molecule has 1 aliphatic rings. The van der Waals surface area contributed by atoms with Crippen LogP contribution in [0.4, 0.5) is 10.3 Å². The molecule has 0 aliphatic carbocycles. The van der Waals surface area contributed by atoms with E-state index >= 15 is 0 Å². The van der Waals surface area contributed by atoms with Crippen LogP contribution in [0.5, 0.6) is 5.75 Å². The Morgan fingerprint density at radius 3 is 2.80 bits per heavy atom. The summed E-state index contributed by atoms with van der Waals surface area (Å²) in [7, 11) is 0. The van der Waals surface area contributed by atoms with Crippen molar-refractivity contribution in [1.82, 2.24) is 15.0 Å². The van der Waals surface area contributed by atoms with E-state index in [1.165, 1.54) is 12.1 Å². The van der Waals surface area contributed by atoms with Gasteiger partial charge in [-0.2, -0.15) is 0 Å². The van der Waals surface area contributed by atoms with E-state index < -0.39 is 11.6 Å². The van der Waals surface area contributed by atoms with E-state index in [9.17, 15) is 9.50 Å². The number of phenolic OH excluding ortho intramolecular Hbond substituents is 1. The van der Waals surface area contributed by atoms with E-state index in [4.69, 9.17) is 4.74 Å². The third kappa shape index (κ3) is 3.23. The molecule has 0 saturated carbocycles. The minimum atomic E-state index is -0.659.